The normalized spacial score (nSPS) is 21.2. The summed E-state index contributed by atoms with van der Waals surface area (Å²) < 4.78 is 12.0. The Bertz CT molecular complexity index is 1120. The average Bonchev–Trinajstić information content (AvgIpc) is 2.86. The predicted molar refractivity (Wildman–Crippen MR) is 122 cm³/mol. The molecule has 2 aromatic heterocycles. The zero-order valence-electron chi connectivity index (χ0n) is 17.9. The van der Waals surface area contributed by atoms with Crippen LogP contribution in [-0.4, -0.2) is 53.4 Å². The lowest BCUT2D eigenvalue weighted by Gasteiger charge is -2.31. The fourth-order valence-corrected chi connectivity index (χ4v) is 4.41. The zero-order valence-corrected chi connectivity index (χ0v) is 17.9. The molecule has 1 aromatic carbocycles. The lowest BCUT2D eigenvalue weighted by Crippen LogP contribution is -2.36. The number of ether oxygens (including phenoxy) is 2. The highest BCUT2D eigenvalue weighted by Crippen LogP contribution is 2.33. The zero-order chi connectivity index (χ0) is 21.8. The quantitative estimate of drug-likeness (QED) is 0.657. The van der Waals surface area contributed by atoms with Crippen molar-refractivity contribution in [1.82, 2.24) is 15.0 Å². The van der Waals surface area contributed by atoms with Crippen molar-refractivity contribution >= 4 is 22.5 Å². The summed E-state index contributed by atoms with van der Waals surface area (Å²) in [6.45, 7) is 3.20. The third-order valence-electron chi connectivity index (χ3n) is 6.08. The molecule has 2 aliphatic rings. The van der Waals surface area contributed by atoms with Crippen LogP contribution in [0.4, 0.5) is 11.5 Å². The van der Waals surface area contributed by atoms with E-state index in [0.29, 0.717) is 11.7 Å². The molecule has 2 fully saturated rings. The van der Waals surface area contributed by atoms with Crippen molar-refractivity contribution in [2.24, 2.45) is 0 Å². The van der Waals surface area contributed by atoms with Gasteiger partial charge in [-0.15, -0.1) is 0 Å². The Morgan fingerprint density at radius 2 is 1.88 bits per heavy atom. The fraction of sp³-hybridized carbons (Fsp3) is 0.417. The van der Waals surface area contributed by atoms with Gasteiger partial charge in [-0.2, -0.15) is 5.26 Å². The molecule has 3 aromatic rings. The van der Waals surface area contributed by atoms with Crippen molar-refractivity contribution in [3.8, 4) is 11.8 Å². The highest BCUT2D eigenvalue weighted by atomic mass is 16.5. The van der Waals surface area contributed by atoms with Gasteiger partial charge in [0.05, 0.1) is 24.8 Å². The van der Waals surface area contributed by atoms with Crippen LogP contribution in [0.2, 0.25) is 0 Å². The second kappa shape index (κ2) is 9.37. The van der Waals surface area contributed by atoms with Crippen molar-refractivity contribution in [3.63, 3.8) is 0 Å². The number of nitrogens with one attached hydrogen (secondary N) is 1. The number of anilines is 2. The van der Waals surface area contributed by atoms with Gasteiger partial charge in [0.15, 0.2) is 0 Å². The highest BCUT2D eigenvalue weighted by Gasteiger charge is 2.24. The van der Waals surface area contributed by atoms with Crippen LogP contribution >= 0.6 is 0 Å². The van der Waals surface area contributed by atoms with Gasteiger partial charge in [0.2, 0.25) is 0 Å². The number of fused-ring (bicyclic) bond motifs is 1. The van der Waals surface area contributed by atoms with Gasteiger partial charge in [-0.1, -0.05) is 6.07 Å². The molecule has 164 valence electrons. The summed E-state index contributed by atoms with van der Waals surface area (Å²) >= 11 is 0. The number of hydrogen-bond acceptors (Lipinski definition) is 8. The van der Waals surface area contributed by atoms with Crippen LogP contribution in [0.25, 0.3) is 11.0 Å². The van der Waals surface area contributed by atoms with Gasteiger partial charge in [0.25, 0.3) is 0 Å². The number of nitrogens with zero attached hydrogens (tertiary/aromatic N) is 5. The molecule has 1 saturated heterocycles. The molecule has 8 heteroatoms. The summed E-state index contributed by atoms with van der Waals surface area (Å²) in [5.74, 6) is 1.56. The van der Waals surface area contributed by atoms with Gasteiger partial charge in [-0.05, 0) is 43.9 Å². The van der Waals surface area contributed by atoms with E-state index in [4.69, 9.17) is 14.7 Å². The van der Waals surface area contributed by atoms with E-state index in [2.05, 4.69) is 43.4 Å². The van der Waals surface area contributed by atoms with Gasteiger partial charge in [0.1, 0.15) is 28.8 Å². The molecule has 0 bridgehead atoms. The van der Waals surface area contributed by atoms with Gasteiger partial charge in [-0.25, -0.2) is 9.97 Å². The molecule has 1 aliphatic heterocycles. The maximum atomic E-state index is 9.05. The second-order valence-corrected chi connectivity index (χ2v) is 8.22. The van der Waals surface area contributed by atoms with E-state index in [1.165, 1.54) is 0 Å². The maximum absolute atomic E-state index is 9.05. The number of pyridine rings is 1. The number of hydrogen-bond donors (Lipinski definition) is 1. The summed E-state index contributed by atoms with van der Waals surface area (Å²) in [7, 11) is 0. The largest absolute Gasteiger partial charge is 0.488 e. The summed E-state index contributed by atoms with van der Waals surface area (Å²) in [6, 6.07) is 12.1. The lowest BCUT2D eigenvalue weighted by molar-refractivity contribution is 0.122. The van der Waals surface area contributed by atoms with E-state index in [1.807, 2.05) is 12.1 Å². The summed E-state index contributed by atoms with van der Waals surface area (Å²) in [5.41, 5.74) is 3.20. The summed E-state index contributed by atoms with van der Waals surface area (Å²) in [5, 5.41) is 12.5. The molecule has 0 unspecified atom stereocenters. The first kappa shape index (κ1) is 20.5. The number of benzene rings is 1. The minimum absolute atomic E-state index is 0.136. The Hall–Kier alpha value is -3.44. The Balaban J connectivity index is 1.27. The molecule has 1 aliphatic carbocycles. The van der Waals surface area contributed by atoms with Crippen molar-refractivity contribution in [3.05, 3.63) is 48.4 Å². The Kier molecular flexibility index (Phi) is 5.99. The Morgan fingerprint density at radius 3 is 2.69 bits per heavy atom. The van der Waals surface area contributed by atoms with Crippen LogP contribution in [0.3, 0.4) is 0 Å². The molecular weight excluding hydrogens is 404 g/mol. The molecule has 1 saturated carbocycles. The fourth-order valence-electron chi connectivity index (χ4n) is 4.41. The van der Waals surface area contributed by atoms with Crippen molar-refractivity contribution in [1.29, 1.82) is 5.26 Å². The Morgan fingerprint density at radius 1 is 1.06 bits per heavy atom. The van der Waals surface area contributed by atoms with E-state index in [1.54, 1.807) is 18.5 Å². The maximum Gasteiger partial charge on any atom is 0.149 e. The van der Waals surface area contributed by atoms with E-state index in [9.17, 15) is 0 Å². The van der Waals surface area contributed by atoms with Crippen LogP contribution in [0.5, 0.6) is 5.75 Å². The molecule has 0 radical (unpaired) electrons. The monoisotopic (exact) mass is 430 g/mol. The minimum atomic E-state index is 0.136. The van der Waals surface area contributed by atoms with E-state index in [0.717, 1.165) is 80.3 Å². The summed E-state index contributed by atoms with van der Waals surface area (Å²) in [4.78, 5) is 15.7. The van der Waals surface area contributed by atoms with Gasteiger partial charge >= 0.3 is 0 Å². The van der Waals surface area contributed by atoms with Gasteiger partial charge < -0.3 is 19.7 Å². The lowest BCUT2D eigenvalue weighted by atomic mass is 9.93. The first-order valence-electron chi connectivity index (χ1n) is 11.2. The number of aromatic nitrogens is 3. The number of morpholine rings is 1. The van der Waals surface area contributed by atoms with E-state index in [-0.39, 0.29) is 6.10 Å². The highest BCUT2D eigenvalue weighted by molar-refractivity contribution is 5.85. The van der Waals surface area contributed by atoms with Crippen LogP contribution < -0.4 is 15.0 Å². The van der Waals surface area contributed by atoms with Crippen LogP contribution in [0, 0.1) is 11.3 Å². The molecule has 5 rings (SSSR count). The standard InChI is InChI=1S/C24H26N6O2/c25-16-18-2-1-3-23(29-18)28-17-4-6-20(7-5-17)32-22-15-19(30-10-12-31-13-11-30)14-21-24(22)27-9-8-26-21/h1-3,8-9,14-15,17,20H,4-7,10-13H2,(H,28,29). The molecule has 0 spiro atoms. The van der Waals surface area contributed by atoms with Crippen molar-refractivity contribution < 1.29 is 9.47 Å². The molecule has 1 N–H and O–H groups in total. The second-order valence-electron chi connectivity index (χ2n) is 8.22. The average molecular weight is 431 g/mol. The molecular formula is C24H26N6O2. The molecule has 0 atom stereocenters. The topological polar surface area (TPSA) is 96.2 Å². The van der Waals surface area contributed by atoms with Gasteiger partial charge in [-0.3, -0.25) is 4.98 Å². The van der Waals surface area contributed by atoms with Crippen LogP contribution in [0.15, 0.2) is 42.7 Å². The van der Waals surface area contributed by atoms with E-state index >= 15 is 0 Å². The first-order chi connectivity index (χ1) is 15.8. The molecule has 0 amide bonds. The molecule has 3 heterocycles. The van der Waals surface area contributed by atoms with Crippen molar-refractivity contribution in [2.45, 2.75) is 37.8 Å². The van der Waals surface area contributed by atoms with Crippen molar-refractivity contribution in [2.75, 3.05) is 36.5 Å². The van der Waals surface area contributed by atoms with E-state index < -0.39 is 0 Å². The number of nitriles is 1. The molecule has 32 heavy (non-hydrogen) atoms. The van der Waals surface area contributed by atoms with Crippen LogP contribution in [-0.2, 0) is 4.74 Å². The smallest absolute Gasteiger partial charge is 0.149 e. The Labute approximate surface area is 187 Å². The van der Waals surface area contributed by atoms with Gasteiger partial charge in [0, 0.05) is 43.3 Å². The van der Waals surface area contributed by atoms with Crippen LogP contribution in [0.1, 0.15) is 31.4 Å². The first-order valence-corrected chi connectivity index (χ1v) is 11.2. The third kappa shape index (κ3) is 4.58. The predicted octanol–water partition coefficient (Wildman–Crippen LogP) is 3.54. The third-order valence-corrected chi connectivity index (χ3v) is 6.08. The summed E-state index contributed by atoms with van der Waals surface area (Å²) in [6.07, 6.45) is 7.43. The molecule has 8 nitrogen and oxygen atoms in total. The number of rotatable bonds is 5. The minimum Gasteiger partial charge on any atom is -0.488 e. The SMILES string of the molecule is N#Cc1cccc(NC2CCC(Oc3cc(N4CCOCC4)cc4nccnc34)CC2)n1.